The second kappa shape index (κ2) is 8.12. The van der Waals surface area contributed by atoms with Crippen LogP contribution in [0, 0.1) is 11.3 Å². The topological polar surface area (TPSA) is 69.6 Å². The lowest BCUT2D eigenvalue weighted by atomic mass is 9.96. The summed E-state index contributed by atoms with van der Waals surface area (Å²) >= 11 is 0. The Kier molecular flexibility index (Phi) is 7.61. The van der Waals surface area contributed by atoms with Gasteiger partial charge in [0.2, 0.25) is 0 Å². The molecule has 2 amide bonds. The highest BCUT2D eigenvalue weighted by Crippen LogP contribution is 2.14. The molecule has 0 saturated carbocycles. The second-order valence-electron chi connectivity index (χ2n) is 6.94. The first-order chi connectivity index (χ1) is 9.03. The van der Waals surface area contributed by atoms with E-state index >= 15 is 0 Å². The number of rotatable bonds is 7. The van der Waals surface area contributed by atoms with Gasteiger partial charge in [0.05, 0.1) is 5.92 Å². The summed E-state index contributed by atoms with van der Waals surface area (Å²) in [5, 5.41) is 11.7. The van der Waals surface area contributed by atoms with Crippen LogP contribution in [-0.4, -0.2) is 41.6 Å². The van der Waals surface area contributed by atoms with E-state index in [2.05, 4.69) is 26.1 Å². The molecule has 2 N–H and O–H groups in total. The minimum Gasteiger partial charge on any atom is -0.481 e. The fourth-order valence-corrected chi connectivity index (χ4v) is 2.03. The molecular formula is C15H30N2O3. The Morgan fingerprint density at radius 2 is 1.75 bits per heavy atom. The molecule has 5 heteroatoms. The SMILES string of the molecule is CC(CCCC(C)C(=O)O)NC(=O)N(C)CC(C)(C)C. The number of nitrogens with zero attached hydrogens (tertiary/aromatic N) is 1. The van der Waals surface area contributed by atoms with Crippen LogP contribution in [0.2, 0.25) is 0 Å². The molecule has 0 aromatic rings. The number of carboxylic acids is 1. The predicted molar refractivity (Wildman–Crippen MR) is 80.7 cm³/mol. The van der Waals surface area contributed by atoms with Gasteiger partial charge in [0, 0.05) is 19.6 Å². The van der Waals surface area contributed by atoms with Crippen LogP contribution in [0.3, 0.4) is 0 Å². The van der Waals surface area contributed by atoms with E-state index in [-0.39, 0.29) is 23.4 Å². The van der Waals surface area contributed by atoms with Crippen molar-refractivity contribution in [2.75, 3.05) is 13.6 Å². The van der Waals surface area contributed by atoms with Crippen LogP contribution < -0.4 is 5.32 Å². The predicted octanol–water partition coefficient (Wildman–Crippen LogP) is 2.95. The van der Waals surface area contributed by atoms with Crippen LogP contribution in [0.15, 0.2) is 0 Å². The van der Waals surface area contributed by atoms with Gasteiger partial charge in [-0.3, -0.25) is 4.79 Å². The lowest BCUT2D eigenvalue weighted by Gasteiger charge is -2.28. The van der Waals surface area contributed by atoms with E-state index in [1.807, 2.05) is 6.92 Å². The van der Waals surface area contributed by atoms with Crippen molar-refractivity contribution in [3.05, 3.63) is 0 Å². The average molecular weight is 286 g/mol. The van der Waals surface area contributed by atoms with Crippen molar-refractivity contribution in [1.82, 2.24) is 10.2 Å². The van der Waals surface area contributed by atoms with E-state index in [9.17, 15) is 9.59 Å². The zero-order valence-electron chi connectivity index (χ0n) is 13.7. The summed E-state index contributed by atoms with van der Waals surface area (Å²) in [7, 11) is 1.79. The number of carboxylic acid groups (broad SMARTS) is 1. The third kappa shape index (κ3) is 8.77. The van der Waals surface area contributed by atoms with Crippen LogP contribution in [0.25, 0.3) is 0 Å². The maximum Gasteiger partial charge on any atom is 0.317 e. The molecule has 0 radical (unpaired) electrons. The molecule has 0 fully saturated rings. The molecule has 2 unspecified atom stereocenters. The normalized spacial score (nSPS) is 14.5. The van der Waals surface area contributed by atoms with Gasteiger partial charge in [-0.05, 0) is 25.2 Å². The zero-order chi connectivity index (χ0) is 15.9. The van der Waals surface area contributed by atoms with Gasteiger partial charge in [-0.2, -0.15) is 0 Å². The summed E-state index contributed by atoms with van der Waals surface area (Å²) in [5.74, 6) is -1.08. The van der Waals surface area contributed by atoms with Crippen molar-refractivity contribution in [3.8, 4) is 0 Å². The van der Waals surface area contributed by atoms with Gasteiger partial charge in [0.1, 0.15) is 0 Å². The first-order valence-electron chi connectivity index (χ1n) is 7.27. The average Bonchev–Trinajstić information content (AvgIpc) is 2.26. The molecule has 0 aliphatic heterocycles. The number of urea groups is 1. The van der Waals surface area contributed by atoms with Crippen molar-refractivity contribution >= 4 is 12.0 Å². The molecule has 5 nitrogen and oxygen atoms in total. The largest absolute Gasteiger partial charge is 0.481 e. The Hall–Kier alpha value is -1.26. The summed E-state index contributed by atoms with van der Waals surface area (Å²) in [6, 6.07) is -0.00961. The molecule has 0 aliphatic carbocycles. The van der Waals surface area contributed by atoms with Gasteiger partial charge < -0.3 is 15.3 Å². The van der Waals surface area contributed by atoms with Crippen molar-refractivity contribution < 1.29 is 14.7 Å². The minimum atomic E-state index is -0.758. The number of hydrogen-bond acceptors (Lipinski definition) is 2. The fourth-order valence-electron chi connectivity index (χ4n) is 2.03. The number of amides is 2. The Morgan fingerprint density at radius 3 is 2.20 bits per heavy atom. The van der Waals surface area contributed by atoms with Crippen molar-refractivity contribution in [1.29, 1.82) is 0 Å². The van der Waals surface area contributed by atoms with Gasteiger partial charge in [0.25, 0.3) is 0 Å². The molecule has 0 spiro atoms. The molecule has 0 aromatic heterocycles. The van der Waals surface area contributed by atoms with Gasteiger partial charge in [-0.1, -0.05) is 34.1 Å². The third-order valence-corrected chi connectivity index (χ3v) is 3.12. The van der Waals surface area contributed by atoms with E-state index in [4.69, 9.17) is 5.11 Å². The molecule has 118 valence electrons. The van der Waals surface area contributed by atoms with Gasteiger partial charge in [-0.25, -0.2) is 4.79 Å². The van der Waals surface area contributed by atoms with Crippen LogP contribution in [0.1, 0.15) is 53.9 Å². The van der Waals surface area contributed by atoms with E-state index in [1.165, 1.54) is 0 Å². The van der Waals surface area contributed by atoms with Crippen molar-refractivity contribution in [3.63, 3.8) is 0 Å². The van der Waals surface area contributed by atoms with Crippen LogP contribution in [-0.2, 0) is 4.79 Å². The molecule has 0 heterocycles. The lowest BCUT2D eigenvalue weighted by Crippen LogP contribution is -2.44. The molecule has 0 aromatic carbocycles. The molecular weight excluding hydrogens is 256 g/mol. The van der Waals surface area contributed by atoms with Crippen LogP contribution >= 0.6 is 0 Å². The van der Waals surface area contributed by atoms with Crippen molar-refractivity contribution in [2.45, 2.75) is 59.9 Å². The van der Waals surface area contributed by atoms with Gasteiger partial charge >= 0.3 is 12.0 Å². The molecule has 20 heavy (non-hydrogen) atoms. The third-order valence-electron chi connectivity index (χ3n) is 3.12. The molecule has 0 rings (SSSR count). The highest BCUT2D eigenvalue weighted by atomic mass is 16.4. The van der Waals surface area contributed by atoms with Crippen LogP contribution in [0.5, 0.6) is 0 Å². The quantitative estimate of drug-likeness (QED) is 0.756. The monoisotopic (exact) mass is 286 g/mol. The van der Waals surface area contributed by atoms with E-state index < -0.39 is 5.97 Å². The van der Waals surface area contributed by atoms with E-state index in [1.54, 1.807) is 18.9 Å². The minimum absolute atomic E-state index is 0.0610. The Balaban J connectivity index is 3.99. The second-order valence-corrected chi connectivity index (χ2v) is 6.94. The summed E-state index contributed by atoms with van der Waals surface area (Å²) in [4.78, 5) is 24.3. The number of nitrogens with one attached hydrogen (secondary N) is 1. The standard InChI is InChI=1S/C15H30N2O3/c1-11(13(18)19)8-7-9-12(2)16-14(20)17(6)10-15(3,4)5/h11-12H,7-10H2,1-6H3,(H,16,20)(H,18,19). The Morgan fingerprint density at radius 1 is 1.20 bits per heavy atom. The first-order valence-corrected chi connectivity index (χ1v) is 7.27. The highest BCUT2D eigenvalue weighted by molar-refractivity contribution is 5.74. The summed E-state index contributed by atoms with van der Waals surface area (Å²) in [6.45, 7) is 10.6. The molecule has 0 bridgehead atoms. The Bertz CT molecular complexity index is 324. The smallest absolute Gasteiger partial charge is 0.317 e. The highest BCUT2D eigenvalue weighted by Gasteiger charge is 2.19. The number of hydrogen-bond donors (Lipinski definition) is 2. The molecule has 0 aliphatic rings. The first kappa shape index (κ1) is 18.7. The van der Waals surface area contributed by atoms with Crippen LogP contribution in [0.4, 0.5) is 4.79 Å². The molecule has 2 atom stereocenters. The van der Waals surface area contributed by atoms with Crippen molar-refractivity contribution in [2.24, 2.45) is 11.3 Å². The summed E-state index contributed by atoms with van der Waals surface area (Å²) < 4.78 is 0. The number of aliphatic carboxylic acids is 1. The summed E-state index contributed by atoms with van der Waals surface area (Å²) in [5.41, 5.74) is 0.0756. The summed E-state index contributed by atoms with van der Waals surface area (Å²) in [6.07, 6.45) is 2.25. The number of carbonyl (C=O) groups excluding carboxylic acids is 1. The fraction of sp³-hybridized carbons (Fsp3) is 0.867. The maximum atomic E-state index is 12.0. The Labute approximate surface area is 122 Å². The lowest BCUT2D eigenvalue weighted by molar-refractivity contribution is -0.141. The molecule has 0 saturated heterocycles. The maximum absolute atomic E-state index is 12.0. The van der Waals surface area contributed by atoms with Gasteiger partial charge in [-0.15, -0.1) is 0 Å². The zero-order valence-corrected chi connectivity index (χ0v) is 13.7. The number of carbonyl (C=O) groups is 2. The van der Waals surface area contributed by atoms with E-state index in [0.29, 0.717) is 13.0 Å². The van der Waals surface area contributed by atoms with E-state index in [0.717, 1.165) is 12.8 Å². The van der Waals surface area contributed by atoms with Gasteiger partial charge in [0.15, 0.2) is 0 Å².